The van der Waals surface area contributed by atoms with Gasteiger partial charge < -0.3 is 5.32 Å². The highest BCUT2D eigenvalue weighted by Crippen LogP contribution is 2.38. The number of hydrogen-bond acceptors (Lipinski definition) is 2. The number of fused-ring (bicyclic) bond motifs is 1. The van der Waals surface area contributed by atoms with Crippen LogP contribution in [-0.2, 0) is 6.42 Å². The van der Waals surface area contributed by atoms with Crippen molar-refractivity contribution < 1.29 is 0 Å². The van der Waals surface area contributed by atoms with Gasteiger partial charge in [0.25, 0.3) is 0 Å². The number of benzene rings is 1. The van der Waals surface area contributed by atoms with Crippen molar-refractivity contribution in [3.8, 4) is 0 Å². The highest BCUT2D eigenvalue weighted by molar-refractivity contribution is 5.37. The van der Waals surface area contributed by atoms with Crippen molar-refractivity contribution in [1.29, 1.82) is 0 Å². The quantitative estimate of drug-likeness (QED) is 0.907. The van der Waals surface area contributed by atoms with Crippen molar-refractivity contribution >= 4 is 0 Å². The summed E-state index contributed by atoms with van der Waals surface area (Å²) in [6.07, 6.45) is 3.96. The van der Waals surface area contributed by atoms with E-state index in [1.54, 1.807) is 5.56 Å². The van der Waals surface area contributed by atoms with E-state index in [1.165, 1.54) is 31.4 Å². The molecule has 1 fully saturated rings. The number of hydrogen-bond donors (Lipinski definition) is 1. The second-order valence-corrected chi connectivity index (χ2v) is 6.60. The maximum absolute atomic E-state index is 3.74. The molecule has 1 N–H and O–H groups in total. The number of likely N-dealkylation sites (N-methyl/N-ethyl adjacent to an activating group) is 1. The summed E-state index contributed by atoms with van der Waals surface area (Å²) in [4.78, 5) is 2.78. The third-order valence-electron chi connectivity index (χ3n) is 5.48. The molecule has 20 heavy (non-hydrogen) atoms. The Morgan fingerprint density at radius 3 is 2.85 bits per heavy atom. The first-order chi connectivity index (χ1) is 9.72. The van der Waals surface area contributed by atoms with Crippen LogP contribution in [0.4, 0.5) is 0 Å². The molecule has 0 saturated carbocycles. The molecule has 1 aliphatic heterocycles. The van der Waals surface area contributed by atoms with E-state index in [9.17, 15) is 0 Å². The summed E-state index contributed by atoms with van der Waals surface area (Å²) >= 11 is 0. The van der Waals surface area contributed by atoms with Gasteiger partial charge in [0.1, 0.15) is 0 Å². The topological polar surface area (TPSA) is 15.3 Å². The first-order valence-corrected chi connectivity index (χ1v) is 8.29. The van der Waals surface area contributed by atoms with E-state index in [1.807, 2.05) is 0 Å². The van der Waals surface area contributed by atoms with Crippen LogP contribution >= 0.6 is 0 Å². The largest absolute Gasteiger partial charge is 0.309 e. The third kappa shape index (κ3) is 2.40. The van der Waals surface area contributed by atoms with E-state index in [-0.39, 0.29) is 0 Å². The Morgan fingerprint density at radius 2 is 2.05 bits per heavy atom. The van der Waals surface area contributed by atoms with Gasteiger partial charge in [-0.25, -0.2) is 0 Å². The van der Waals surface area contributed by atoms with Crippen molar-refractivity contribution in [1.82, 2.24) is 10.2 Å². The lowest BCUT2D eigenvalue weighted by atomic mass is 9.89. The summed E-state index contributed by atoms with van der Waals surface area (Å²) in [7, 11) is 0. The molecular weight excluding hydrogens is 244 g/mol. The molecule has 0 spiro atoms. The van der Waals surface area contributed by atoms with Gasteiger partial charge in [-0.05, 0) is 56.3 Å². The molecule has 2 aliphatic rings. The second-order valence-electron chi connectivity index (χ2n) is 6.60. The molecule has 0 amide bonds. The van der Waals surface area contributed by atoms with Crippen LogP contribution in [0, 0.1) is 5.92 Å². The van der Waals surface area contributed by atoms with Crippen LogP contribution in [0.5, 0.6) is 0 Å². The zero-order chi connectivity index (χ0) is 14.1. The number of rotatable bonds is 3. The molecule has 4 unspecified atom stereocenters. The standard InChI is InChI=1S/C18H28N2/c1-4-19-18-16-10-6-5-9-15(16)12-17(18)20-11-7-8-13(2)14(20)3/h5-6,9-10,13-14,17-19H,4,7-8,11-12H2,1-3H3. The van der Waals surface area contributed by atoms with Gasteiger partial charge in [-0.1, -0.05) is 38.1 Å². The lowest BCUT2D eigenvalue weighted by molar-refractivity contribution is 0.0553. The Bertz CT molecular complexity index is 456. The smallest absolute Gasteiger partial charge is 0.0484 e. The van der Waals surface area contributed by atoms with Crippen molar-refractivity contribution in [3.63, 3.8) is 0 Å². The maximum Gasteiger partial charge on any atom is 0.0484 e. The van der Waals surface area contributed by atoms with E-state index in [2.05, 4.69) is 55.3 Å². The van der Waals surface area contributed by atoms with Crippen LogP contribution in [0.25, 0.3) is 0 Å². The SMILES string of the molecule is CCNC1c2ccccc2CC1N1CCCC(C)C1C. The van der Waals surface area contributed by atoms with Crippen LogP contribution < -0.4 is 5.32 Å². The van der Waals surface area contributed by atoms with Gasteiger partial charge in [0.2, 0.25) is 0 Å². The third-order valence-corrected chi connectivity index (χ3v) is 5.48. The fourth-order valence-electron chi connectivity index (χ4n) is 4.18. The maximum atomic E-state index is 3.74. The number of nitrogens with one attached hydrogen (secondary N) is 1. The number of likely N-dealkylation sites (tertiary alicyclic amines) is 1. The van der Waals surface area contributed by atoms with Gasteiger partial charge in [-0.2, -0.15) is 0 Å². The fraction of sp³-hybridized carbons (Fsp3) is 0.667. The van der Waals surface area contributed by atoms with Crippen molar-refractivity contribution in [2.24, 2.45) is 5.92 Å². The van der Waals surface area contributed by atoms with Crippen molar-refractivity contribution in [2.45, 2.75) is 58.2 Å². The molecule has 0 bridgehead atoms. The Kier molecular flexibility index (Phi) is 4.13. The normalized spacial score (nSPS) is 34.1. The van der Waals surface area contributed by atoms with Gasteiger partial charge in [-0.15, -0.1) is 0 Å². The van der Waals surface area contributed by atoms with Gasteiger partial charge >= 0.3 is 0 Å². The highest BCUT2D eigenvalue weighted by Gasteiger charge is 2.39. The summed E-state index contributed by atoms with van der Waals surface area (Å²) in [5.41, 5.74) is 3.08. The van der Waals surface area contributed by atoms with Gasteiger partial charge in [0.05, 0.1) is 0 Å². The molecule has 1 aromatic rings. The molecular formula is C18H28N2. The van der Waals surface area contributed by atoms with Gasteiger partial charge in [0.15, 0.2) is 0 Å². The van der Waals surface area contributed by atoms with Crippen molar-refractivity contribution in [3.05, 3.63) is 35.4 Å². The van der Waals surface area contributed by atoms with E-state index < -0.39 is 0 Å². The molecule has 110 valence electrons. The summed E-state index contributed by atoms with van der Waals surface area (Å²) < 4.78 is 0. The van der Waals surface area contributed by atoms with E-state index >= 15 is 0 Å². The molecule has 3 rings (SSSR count). The van der Waals surface area contributed by atoms with Crippen LogP contribution in [-0.4, -0.2) is 30.1 Å². The van der Waals surface area contributed by atoms with Gasteiger partial charge in [0, 0.05) is 18.1 Å². The highest BCUT2D eigenvalue weighted by atomic mass is 15.2. The number of nitrogens with zero attached hydrogens (tertiary/aromatic N) is 1. The fourth-order valence-corrected chi connectivity index (χ4v) is 4.18. The Balaban J connectivity index is 1.86. The first-order valence-electron chi connectivity index (χ1n) is 8.29. The van der Waals surface area contributed by atoms with Crippen LogP contribution in [0.1, 0.15) is 50.8 Å². The zero-order valence-electron chi connectivity index (χ0n) is 13.1. The molecule has 2 heteroatoms. The van der Waals surface area contributed by atoms with Crippen LogP contribution in [0.3, 0.4) is 0 Å². The lowest BCUT2D eigenvalue weighted by Crippen LogP contribution is -2.52. The predicted molar refractivity (Wildman–Crippen MR) is 84.9 cm³/mol. The monoisotopic (exact) mass is 272 g/mol. The van der Waals surface area contributed by atoms with Crippen LogP contribution in [0.2, 0.25) is 0 Å². The molecule has 4 atom stereocenters. The molecule has 1 aromatic carbocycles. The lowest BCUT2D eigenvalue weighted by Gasteiger charge is -2.44. The second kappa shape index (κ2) is 5.87. The van der Waals surface area contributed by atoms with E-state index in [0.717, 1.165) is 12.5 Å². The molecule has 2 nitrogen and oxygen atoms in total. The minimum atomic E-state index is 0.518. The molecule has 1 saturated heterocycles. The molecule has 0 radical (unpaired) electrons. The van der Waals surface area contributed by atoms with Crippen LogP contribution in [0.15, 0.2) is 24.3 Å². The first kappa shape index (κ1) is 14.1. The summed E-state index contributed by atoms with van der Waals surface area (Å²) in [5.74, 6) is 0.828. The molecule has 1 aliphatic carbocycles. The van der Waals surface area contributed by atoms with E-state index in [0.29, 0.717) is 18.1 Å². The molecule has 0 aromatic heterocycles. The Hall–Kier alpha value is -0.860. The Labute approximate surface area is 123 Å². The summed E-state index contributed by atoms with van der Waals surface area (Å²) in [5, 5.41) is 3.74. The minimum Gasteiger partial charge on any atom is -0.309 e. The zero-order valence-corrected chi connectivity index (χ0v) is 13.1. The summed E-state index contributed by atoms with van der Waals surface area (Å²) in [6, 6.07) is 10.9. The Morgan fingerprint density at radius 1 is 1.25 bits per heavy atom. The van der Waals surface area contributed by atoms with E-state index in [4.69, 9.17) is 0 Å². The predicted octanol–water partition coefficient (Wildman–Crippen LogP) is 3.38. The number of piperidine rings is 1. The average Bonchev–Trinajstić information content (AvgIpc) is 2.81. The summed E-state index contributed by atoms with van der Waals surface area (Å²) in [6.45, 7) is 9.39. The van der Waals surface area contributed by atoms with Crippen molar-refractivity contribution in [2.75, 3.05) is 13.1 Å². The minimum absolute atomic E-state index is 0.518. The average molecular weight is 272 g/mol. The molecule has 1 heterocycles. The van der Waals surface area contributed by atoms with Gasteiger partial charge in [-0.3, -0.25) is 4.90 Å².